The minimum Gasteiger partial charge on any atom is -0.508 e. The Hall–Kier alpha value is -3.94. The monoisotopic (exact) mass is 448 g/mol. The van der Waals surface area contributed by atoms with Gasteiger partial charge in [-0.3, -0.25) is 9.59 Å². The highest BCUT2D eigenvalue weighted by Crippen LogP contribution is 2.24. The van der Waals surface area contributed by atoms with E-state index in [4.69, 9.17) is 0 Å². The molecule has 0 bridgehead atoms. The molecule has 2 amide bonds. The number of nitrogens with one attached hydrogen (secondary N) is 4. The number of hydrogen-bond donors (Lipinski definition) is 6. The summed E-state index contributed by atoms with van der Waals surface area (Å²) in [5, 5.41) is 27.0. The van der Waals surface area contributed by atoms with Gasteiger partial charge < -0.3 is 30.8 Å². The van der Waals surface area contributed by atoms with E-state index in [2.05, 4.69) is 20.6 Å². The van der Waals surface area contributed by atoms with Crippen molar-refractivity contribution >= 4 is 33.6 Å². The van der Waals surface area contributed by atoms with Crippen LogP contribution in [-0.2, 0) is 22.4 Å². The molecular weight excluding hydrogens is 420 g/mol. The van der Waals surface area contributed by atoms with Crippen molar-refractivity contribution in [3.05, 3.63) is 59.9 Å². The maximum absolute atomic E-state index is 12.1. The first kappa shape index (κ1) is 22.3. The summed E-state index contributed by atoms with van der Waals surface area (Å²) in [4.78, 5) is 30.5. The van der Waals surface area contributed by atoms with Crippen LogP contribution in [0.2, 0.25) is 0 Å². The molecule has 0 radical (unpaired) electrons. The molecule has 4 rings (SSSR count). The molecule has 0 fully saturated rings. The zero-order valence-corrected chi connectivity index (χ0v) is 18.3. The number of aromatic amines is 2. The second-order valence-corrected chi connectivity index (χ2v) is 8.14. The third-order valence-corrected chi connectivity index (χ3v) is 5.74. The Morgan fingerprint density at radius 1 is 0.727 bits per heavy atom. The van der Waals surface area contributed by atoms with E-state index in [1.54, 1.807) is 24.3 Å². The van der Waals surface area contributed by atoms with Crippen molar-refractivity contribution in [2.24, 2.45) is 0 Å². The number of phenolic OH excluding ortho intramolecular Hbond substituents is 2. The fraction of sp³-hybridized carbons (Fsp3) is 0.280. The molecule has 172 valence electrons. The van der Waals surface area contributed by atoms with E-state index >= 15 is 0 Å². The Bertz CT molecular complexity index is 1180. The van der Waals surface area contributed by atoms with E-state index in [1.807, 2.05) is 24.5 Å². The lowest BCUT2D eigenvalue weighted by atomic mass is 10.1. The molecule has 4 aromatic rings. The first-order valence-corrected chi connectivity index (χ1v) is 11.1. The molecule has 33 heavy (non-hydrogen) atoms. The van der Waals surface area contributed by atoms with Crippen molar-refractivity contribution in [2.45, 2.75) is 32.1 Å². The number of benzene rings is 2. The summed E-state index contributed by atoms with van der Waals surface area (Å²) in [5.74, 6) is 0.269. The lowest BCUT2D eigenvalue weighted by Gasteiger charge is -2.06. The summed E-state index contributed by atoms with van der Waals surface area (Å²) < 4.78 is 0. The van der Waals surface area contributed by atoms with Crippen LogP contribution >= 0.6 is 0 Å². The molecule has 0 aliphatic rings. The molecule has 0 saturated carbocycles. The smallest absolute Gasteiger partial charge is 0.220 e. The molecule has 0 unspecified atom stereocenters. The Morgan fingerprint density at radius 3 is 1.64 bits per heavy atom. The van der Waals surface area contributed by atoms with Gasteiger partial charge in [0.1, 0.15) is 11.5 Å². The molecule has 8 heteroatoms. The van der Waals surface area contributed by atoms with E-state index < -0.39 is 0 Å². The first-order chi connectivity index (χ1) is 16.0. The second-order valence-electron chi connectivity index (χ2n) is 8.14. The Kier molecular flexibility index (Phi) is 6.83. The maximum Gasteiger partial charge on any atom is 0.220 e. The van der Waals surface area contributed by atoms with Crippen molar-refractivity contribution in [2.75, 3.05) is 13.1 Å². The van der Waals surface area contributed by atoms with Crippen LogP contribution in [-0.4, -0.2) is 45.1 Å². The van der Waals surface area contributed by atoms with Gasteiger partial charge >= 0.3 is 0 Å². The number of aromatic hydroxyl groups is 2. The molecule has 0 atom stereocenters. The number of hydrogen-bond acceptors (Lipinski definition) is 4. The van der Waals surface area contributed by atoms with E-state index in [0.29, 0.717) is 45.2 Å². The van der Waals surface area contributed by atoms with Gasteiger partial charge in [-0.1, -0.05) is 0 Å². The topological polar surface area (TPSA) is 130 Å². The first-order valence-electron chi connectivity index (χ1n) is 11.1. The minimum absolute atomic E-state index is 0.0795. The van der Waals surface area contributed by atoms with E-state index in [9.17, 15) is 19.8 Å². The Morgan fingerprint density at radius 2 is 1.18 bits per heavy atom. The number of amides is 2. The van der Waals surface area contributed by atoms with Crippen LogP contribution in [0.5, 0.6) is 11.5 Å². The zero-order chi connectivity index (χ0) is 23.2. The van der Waals surface area contributed by atoms with Gasteiger partial charge in [0.2, 0.25) is 11.8 Å². The van der Waals surface area contributed by atoms with Crippen LogP contribution in [0.1, 0.15) is 30.4 Å². The van der Waals surface area contributed by atoms with Crippen LogP contribution in [0, 0.1) is 0 Å². The van der Waals surface area contributed by atoms with Gasteiger partial charge in [0.05, 0.1) is 0 Å². The molecule has 0 saturated heterocycles. The van der Waals surface area contributed by atoms with Crippen molar-refractivity contribution in [3.8, 4) is 11.5 Å². The van der Waals surface area contributed by atoms with Gasteiger partial charge in [0.25, 0.3) is 0 Å². The molecule has 0 aliphatic carbocycles. The molecule has 0 aliphatic heterocycles. The van der Waals surface area contributed by atoms with Crippen LogP contribution in [0.25, 0.3) is 21.8 Å². The molecule has 8 nitrogen and oxygen atoms in total. The van der Waals surface area contributed by atoms with Crippen LogP contribution in [0.15, 0.2) is 48.8 Å². The fourth-order valence-corrected chi connectivity index (χ4v) is 4.01. The minimum atomic E-state index is -0.0795. The quantitative estimate of drug-likeness (QED) is 0.222. The highest BCUT2D eigenvalue weighted by Gasteiger charge is 2.09. The number of carbonyl (C=O) groups excluding carboxylic acids is 2. The maximum atomic E-state index is 12.1. The summed E-state index contributed by atoms with van der Waals surface area (Å²) in [5.41, 5.74) is 3.96. The van der Waals surface area contributed by atoms with Gasteiger partial charge in [-0.25, -0.2) is 0 Å². The second kappa shape index (κ2) is 10.1. The normalized spacial score (nSPS) is 11.2. The number of phenols is 2. The fourth-order valence-electron chi connectivity index (χ4n) is 4.01. The van der Waals surface area contributed by atoms with Crippen molar-refractivity contribution in [3.63, 3.8) is 0 Å². The van der Waals surface area contributed by atoms with Gasteiger partial charge in [-0.2, -0.15) is 0 Å². The Balaban J connectivity index is 1.12. The Labute approximate surface area is 191 Å². The van der Waals surface area contributed by atoms with Crippen LogP contribution < -0.4 is 10.6 Å². The lowest BCUT2D eigenvalue weighted by molar-refractivity contribution is -0.122. The largest absolute Gasteiger partial charge is 0.508 e. The lowest BCUT2D eigenvalue weighted by Crippen LogP contribution is -2.27. The third-order valence-electron chi connectivity index (χ3n) is 5.74. The summed E-state index contributed by atoms with van der Waals surface area (Å²) >= 11 is 0. The number of fused-ring (bicyclic) bond motifs is 2. The van der Waals surface area contributed by atoms with Gasteiger partial charge in [-0.15, -0.1) is 0 Å². The summed E-state index contributed by atoms with van der Waals surface area (Å²) in [6.45, 7) is 0.988. The highest BCUT2D eigenvalue weighted by atomic mass is 16.3. The standard InChI is InChI=1S/C25H28N4O4/c30-18-4-6-22-20(12-18)16(14-28-22)8-10-26-24(32)2-1-3-25(33)27-11-9-17-15-29-23-7-5-19(31)13-21(17)23/h4-7,12-15,28-31H,1-3,8-11H2,(H,26,32)(H,27,33). The predicted octanol–water partition coefficient (Wildman–Crippen LogP) is 3.25. The third kappa shape index (κ3) is 5.65. The van der Waals surface area contributed by atoms with E-state index in [-0.39, 0.29) is 23.3 Å². The SMILES string of the molecule is O=C(CCCC(=O)NCCc1c[nH]c2ccc(O)cc12)NCCc1c[nH]c2ccc(O)cc12. The molecule has 0 spiro atoms. The average Bonchev–Trinajstić information content (AvgIpc) is 3.37. The molecule has 2 aromatic carbocycles. The molecular formula is C25H28N4O4. The van der Waals surface area contributed by atoms with Crippen molar-refractivity contribution in [1.82, 2.24) is 20.6 Å². The van der Waals surface area contributed by atoms with Crippen LogP contribution in [0.3, 0.4) is 0 Å². The number of H-pyrrole nitrogens is 2. The average molecular weight is 449 g/mol. The molecule has 2 aromatic heterocycles. The number of rotatable bonds is 10. The summed E-state index contributed by atoms with van der Waals surface area (Å²) in [7, 11) is 0. The molecule has 2 heterocycles. The summed E-state index contributed by atoms with van der Waals surface area (Å²) in [6, 6.07) is 10.3. The zero-order valence-electron chi connectivity index (χ0n) is 18.3. The van der Waals surface area contributed by atoms with E-state index in [1.165, 1.54) is 0 Å². The highest BCUT2D eigenvalue weighted by molar-refractivity contribution is 5.85. The van der Waals surface area contributed by atoms with Crippen molar-refractivity contribution in [1.29, 1.82) is 0 Å². The summed E-state index contributed by atoms with van der Waals surface area (Å²) in [6.07, 6.45) is 6.16. The van der Waals surface area contributed by atoms with Gasteiger partial charge in [0, 0.05) is 60.1 Å². The number of aromatic nitrogens is 2. The van der Waals surface area contributed by atoms with Gasteiger partial charge in [0.15, 0.2) is 0 Å². The van der Waals surface area contributed by atoms with Crippen molar-refractivity contribution < 1.29 is 19.8 Å². The van der Waals surface area contributed by atoms with E-state index in [0.717, 1.165) is 32.9 Å². The molecule has 6 N–H and O–H groups in total. The number of carbonyl (C=O) groups is 2. The van der Waals surface area contributed by atoms with Crippen LogP contribution in [0.4, 0.5) is 0 Å². The van der Waals surface area contributed by atoms with Gasteiger partial charge in [-0.05, 0) is 66.8 Å². The predicted molar refractivity (Wildman–Crippen MR) is 127 cm³/mol.